The molecule has 0 aliphatic rings. The first-order chi connectivity index (χ1) is 7.38. The van der Waals surface area contributed by atoms with Crippen LogP contribution in [0.5, 0.6) is 0 Å². The van der Waals surface area contributed by atoms with E-state index in [1.165, 1.54) is 24.0 Å². The number of carbonyl (C=O) groups is 1. The van der Waals surface area contributed by atoms with Crippen molar-refractivity contribution in [3.05, 3.63) is 12.4 Å². The van der Waals surface area contributed by atoms with Gasteiger partial charge in [0.05, 0.1) is 29.5 Å². The first kappa shape index (κ1) is 21.0. The summed E-state index contributed by atoms with van der Waals surface area (Å²) >= 11 is -2.69. The molecule has 90 valence electrons. The van der Waals surface area contributed by atoms with Gasteiger partial charge in [0.2, 0.25) is 0 Å². The average molecular weight is 292 g/mol. The number of aliphatic carboxylic acids is 1. The fourth-order valence-corrected chi connectivity index (χ4v) is 1.68. The van der Waals surface area contributed by atoms with Crippen molar-refractivity contribution in [2.75, 3.05) is 0 Å². The molecule has 1 unspecified atom stereocenters. The van der Waals surface area contributed by atoms with Gasteiger partial charge in [-0.3, -0.25) is 8.89 Å². The number of nitrogens with zero attached hydrogens (tertiary/aromatic N) is 3. The topological polar surface area (TPSA) is 137 Å². The van der Waals surface area contributed by atoms with Crippen molar-refractivity contribution in [2.24, 2.45) is 5.73 Å². The van der Waals surface area contributed by atoms with Gasteiger partial charge in [0.1, 0.15) is 0 Å². The van der Waals surface area contributed by atoms with E-state index in [2.05, 4.69) is 10.3 Å². The van der Waals surface area contributed by atoms with E-state index in [-0.39, 0.29) is 65.7 Å². The van der Waals surface area contributed by atoms with Crippen LogP contribution in [-0.2, 0) is 22.4 Å². The van der Waals surface area contributed by atoms with E-state index in [9.17, 15) is 18.7 Å². The monoisotopic (exact) mass is 292 g/mol. The first-order valence-electron chi connectivity index (χ1n) is 4.28. The van der Waals surface area contributed by atoms with Crippen LogP contribution in [0, 0.1) is 0 Å². The third-order valence-corrected chi connectivity index (χ3v) is 3.38. The zero-order chi connectivity index (χ0) is 12.3. The Labute approximate surface area is 151 Å². The van der Waals surface area contributed by atoms with Crippen LogP contribution in [0.2, 0.25) is 0 Å². The fourth-order valence-electron chi connectivity index (χ4n) is 1.14. The van der Waals surface area contributed by atoms with Gasteiger partial charge in [-0.25, -0.2) is 0 Å². The zero-order valence-electron chi connectivity index (χ0n) is 10.4. The molecule has 1 aromatic rings. The van der Waals surface area contributed by atoms with E-state index in [1.807, 2.05) is 0 Å². The number of rotatable bonds is 5. The molecule has 8 nitrogen and oxygen atoms in total. The Kier molecular flexibility index (Phi) is 10.2. The maximum atomic E-state index is 11.1. The molecule has 1 rings (SSSR count). The molecule has 18 heavy (non-hydrogen) atoms. The van der Waals surface area contributed by atoms with E-state index in [1.54, 1.807) is 0 Å². The quantitative estimate of drug-likeness (QED) is 0.420. The third kappa shape index (κ3) is 4.99. The van der Waals surface area contributed by atoms with Crippen LogP contribution in [0.25, 0.3) is 0 Å². The number of hydrogen-bond acceptors (Lipinski definition) is 7. The molecule has 1 heterocycles. The van der Waals surface area contributed by atoms with Crippen LogP contribution in [0.15, 0.2) is 12.4 Å². The number of carboxylic acids is 1. The minimum absolute atomic E-state index is 0. The predicted octanol–water partition coefficient (Wildman–Crippen LogP) is -9.00. The molecule has 3 atom stereocenters. The molecule has 1 aromatic heterocycles. The summed E-state index contributed by atoms with van der Waals surface area (Å²) < 4.78 is 21.6. The molecular formula is C7H10N4Na2O4S. The van der Waals surface area contributed by atoms with Crippen molar-refractivity contribution >= 4 is 17.0 Å². The van der Waals surface area contributed by atoms with E-state index >= 15 is 0 Å². The summed E-state index contributed by atoms with van der Waals surface area (Å²) in [6.45, 7) is 0.997. The summed E-state index contributed by atoms with van der Waals surface area (Å²) in [4.78, 5) is 10.6. The molecule has 2 N–H and O–H groups in total. The summed E-state index contributed by atoms with van der Waals surface area (Å²) in [5, 5.41) is 17.7. The second-order valence-electron chi connectivity index (χ2n) is 3.44. The summed E-state index contributed by atoms with van der Waals surface area (Å²) in [6, 6.07) is -1.64. The van der Waals surface area contributed by atoms with Gasteiger partial charge < -0.3 is 20.2 Å². The Morgan fingerprint density at radius 1 is 1.61 bits per heavy atom. The molecule has 0 aromatic carbocycles. The number of carboxylic acid groups (broad SMARTS) is 1. The Balaban J connectivity index is 0. The Hall–Kier alpha value is 0.680. The Bertz CT molecular complexity index is 404. The Morgan fingerprint density at radius 2 is 2.17 bits per heavy atom. The van der Waals surface area contributed by atoms with Crippen LogP contribution in [0.4, 0.5) is 0 Å². The van der Waals surface area contributed by atoms with Crippen molar-refractivity contribution < 1.29 is 77.8 Å². The molecule has 0 saturated heterocycles. The number of aromatic nitrogens is 3. The molecule has 0 aliphatic heterocycles. The van der Waals surface area contributed by atoms with Crippen LogP contribution < -0.4 is 70.0 Å². The Morgan fingerprint density at radius 3 is 2.50 bits per heavy atom. The van der Waals surface area contributed by atoms with E-state index in [0.29, 0.717) is 0 Å². The number of carbonyl (C=O) groups excluding carboxylic acids is 1. The molecule has 0 spiro atoms. The minimum atomic E-state index is -2.69. The summed E-state index contributed by atoms with van der Waals surface area (Å²) in [7, 11) is 0. The van der Waals surface area contributed by atoms with E-state index in [0.717, 1.165) is 0 Å². The van der Waals surface area contributed by atoms with Crippen molar-refractivity contribution in [1.29, 1.82) is 0 Å². The largest absolute Gasteiger partial charge is 1.00 e. The van der Waals surface area contributed by atoms with Gasteiger partial charge in [0.15, 0.2) is 0 Å². The van der Waals surface area contributed by atoms with Crippen LogP contribution in [-0.4, -0.2) is 40.5 Å². The molecule has 0 amide bonds. The van der Waals surface area contributed by atoms with Gasteiger partial charge in [-0.15, -0.1) is 5.10 Å². The summed E-state index contributed by atoms with van der Waals surface area (Å²) in [5.41, 5.74) is 5.30. The van der Waals surface area contributed by atoms with Crippen LogP contribution in [0.1, 0.15) is 6.92 Å². The van der Waals surface area contributed by atoms with Gasteiger partial charge >= 0.3 is 59.1 Å². The molecule has 0 bridgehead atoms. The first-order valence-corrected chi connectivity index (χ1v) is 5.35. The molecule has 0 fully saturated rings. The SMILES string of the molecule is C[C@](Cn1ccnn1)([C@@H](N)C(=O)[O-])S(=O)[O-].[Na+].[Na+]. The summed E-state index contributed by atoms with van der Waals surface area (Å²) in [6.07, 6.45) is 2.76. The second-order valence-corrected chi connectivity index (χ2v) is 4.85. The fraction of sp³-hybridized carbons (Fsp3) is 0.571. The predicted molar refractivity (Wildman–Crippen MR) is 50.3 cm³/mol. The minimum Gasteiger partial charge on any atom is -0.772 e. The molecule has 11 heteroatoms. The molecule has 0 radical (unpaired) electrons. The second kappa shape index (κ2) is 8.77. The standard InChI is InChI=1S/C7H12N4O4S.2Na/c1-7(16(14)15,5(8)6(12)13)4-11-3-2-9-10-11;;/h2-3,5H,4,8H2,1H3,(H,12,13)(H,14,15);;/q;2*+1/p-2/t5-,7-;;/m0../s1. The smallest absolute Gasteiger partial charge is 0.772 e. The maximum Gasteiger partial charge on any atom is 1.00 e. The van der Waals surface area contributed by atoms with E-state index < -0.39 is 27.8 Å². The van der Waals surface area contributed by atoms with Crippen molar-refractivity contribution in [3.8, 4) is 0 Å². The van der Waals surface area contributed by atoms with Crippen LogP contribution in [0.3, 0.4) is 0 Å². The van der Waals surface area contributed by atoms with Gasteiger partial charge in [-0.05, 0) is 18.0 Å². The van der Waals surface area contributed by atoms with Gasteiger partial charge in [0, 0.05) is 6.20 Å². The molecule has 0 saturated carbocycles. The van der Waals surface area contributed by atoms with Crippen molar-refractivity contribution in [3.63, 3.8) is 0 Å². The van der Waals surface area contributed by atoms with Crippen molar-refractivity contribution in [1.82, 2.24) is 15.0 Å². The van der Waals surface area contributed by atoms with Gasteiger partial charge in [-0.1, -0.05) is 5.21 Å². The number of nitrogens with two attached hydrogens (primary N) is 1. The van der Waals surface area contributed by atoms with Gasteiger partial charge in [0.25, 0.3) is 0 Å². The summed E-state index contributed by atoms with van der Waals surface area (Å²) in [5.74, 6) is -1.63. The van der Waals surface area contributed by atoms with Crippen molar-refractivity contribution in [2.45, 2.75) is 24.3 Å². The normalized spacial score (nSPS) is 16.6. The molecular weight excluding hydrogens is 282 g/mol. The van der Waals surface area contributed by atoms with Gasteiger partial charge in [-0.2, -0.15) is 0 Å². The van der Waals surface area contributed by atoms with E-state index in [4.69, 9.17) is 5.73 Å². The molecule has 0 aliphatic carbocycles. The zero-order valence-corrected chi connectivity index (χ0v) is 15.2. The third-order valence-electron chi connectivity index (χ3n) is 2.24. The average Bonchev–Trinajstić information content (AvgIpc) is 2.68. The number of hydrogen-bond donors (Lipinski definition) is 1. The van der Waals surface area contributed by atoms with Crippen LogP contribution >= 0.6 is 0 Å². The maximum absolute atomic E-state index is 11.1.